The molecule has 0 saturated carbocycles. The van der Waals surface area contributed by atoms with E-state index in [4.69, 9.17) is 4.74 Å². The Balaban J connectivity index is 2.10. The molecule has 0 aliphatic carbocycles. The van der Waals surface area contributed by atoms with E-state index < -0.39 is 17.7 Å². The predicted octanol–water partition coefficient (Wildman–Crippen LogP) is 2.78. The molecule has 1 atom stereocenters. The first-order chi connectivity index (χ1) is 9.56. The van der Waals surface area contributed by atoms with Crippen molar-refractivity contribution in [3.8, 4) is 11.5 Å². The fraction of sp³-hybridized carbons (Fsp3) is 0.133. The lowest BCUT2D eigenvalue weighted by Crippen LogP contribution is -2.19. The highest BCUT2D eigenvalue weighted by molar-refractivity contribution is 5.76. The summed E-state index contributed by atoms with van der Waals surface area (Å²) in [5.41, 5.74) is 0.457. The van der Waals surface area contributed by atoms with E-state index in [1.807, 2.05) is 0 Å². The summed E-state index contributed by atoms with van der Waals surface area (Å²) in [6.07, 6.45) is 0. The highest BCUT2D eigenvalue weighted by Crippen LogP contribution is 2.22. The lowest BCUT2D eigenvalue weighted by molar-refractivity contribution is -0.139. The summed E-state index contributed by atoms with van der Waals surface area (Å²) in [6, 6.07) is 11.3. The summed E-state index contributed by atoms with van der Waals surface area (Å²) in [6.45, 7) is -0.107. The lowest BCUT2D eigenvalue weighted by atomic mass is 10.0. The van der Waals surface area contributed by atoms with E-state index in [0.717, 1.165) is 0 Å². The third-order valence-corrected chi connectivity index (χ3v) is 2.80. The number of carboxylic acids is 1. The monoisotopic (exact) mass is 276 g/mol. The van der Waals surface area contributed by atoms with Crippen LogP contribution >= 0.6 is 0 Å². The molecule has 0 saturated heterocycles. The smallest absolute Gasteiger partial charge is 0.314 e. The third-order valence-electron chi connectivity index (χ3n) is 2.80. The van der Waals surface area contributed by atoms with Crippen molar-refractivity contribution in [2.45, 2.75) is 5.92 Å². The van der Waals surface area contributed by atoms with E-state index in [-0.39, 0.29) is 12.4 Å². The van der Waals surface area contributed by atoms with Crippen LogP contribution in [0, 0.1) is 5.82 Å². The Hall–Kier alpha value is -2.56. The summed E-state index contributed by atoms with van der Waals surface area (Å²) in [4.78, 5) is 11.2. The molecule has 0 fully saturated rings. The number of benzene rings is 2. The van der Waals surface area contributed by atoms with E-state index in [1.54, 1.807) is 12.1 Å². The van der Waals surface area contributed by atoms with Crippen molar-refractivity contribution in [2.24, 2.45) is 0 Å². The second-order valence-electron chi connectivity index (χ2n) is 4.25. The molecule has 5 heteroatoms. The number of ether oxygens (including phenoxy) is 1. The van der Waals surface area contributed by atoms with Crippen LogP contribution < -0.4 is 4.74 Å². The Kier molecular flexibility index (Phi) is 4.20. The Labute approximate surface area is 115 Å². The van der Waals surface area contributed by atoms with Crippen molar-refractivity contribution in [3.05, 3.63) is 59.9 Å². The number of phenols is 1. The minimum absolute atomic E-state index is 0.0381. The first kappa shape index (κ1) is 13.9. The number of rotatable bonds is 5. The van der Waals surface area contributed by atoms with Crippen molar-refractivity contribution >= 4 is 5.97 Å². The van der Waals surface area contributed by atoms with Crippen LogP contribution in [0.1, 0.15) is 11.5 Å². The van der Waals surface area contributed by atoms with Crippen LogP contribution in [0.3, 0.4) is 0 Å². The molecule has 0 aliphatic heterocycles. The number of phenolic OH excluding ortho intramolecular Hbond substituents is 1. The molecule has 104 valence electrons. The maximum absolute atomic E-state index is 12.8. The zero-order valence-electron chi connectivity index (χ0n) is 10.5. The Morgan fingerprint density at radius 3 is 2.50 bits per heavy atom. The molecule has 0 aromatic heterocycles. The van der Waals surface area contributed by atoms with Crippen molar-refractivity contribution in [1.29, 1.82) is 0 Å². The van der Waals surface area contributed by atoms with Crippen LogP contribution in [0.15, 0.2) is 48.5 Å². The van der Waals surface area contributed by atoms with Gasteiger partial charge in [0.25, 0.3) is 0 Å². The average Bonchev–Trinajstić information content (AvgIpc) is 2.41. The molecular formula is C15H13FO4. The van der Waals surface area contributed by atoms with Gasteiger partial charge in [-0.3, -0.25) is 4.79 Å². The molecule has 0 radical (unpaired) electrons. The minimum atomic E-state index is -1.06. The molecule has 0 bridgehead atoms. The number of hydrogen-bond donors (Lipinski definition) is 2. The molecule has 0 spiro atoms. The summed E-state index contributed by atoms with van der Waals surface area (Å²) >= 11 is 0. The molecule has 0 amide bonds. The van der Waals surface area contributed by atoms with E-state index in [0.29, 0.717) is 11.3 Å². The summed E-state index contributed by atoms with van der Waals surface area (Å²) < 4.78 is 18.2. The van der Waals surface area contributed by atoms with Crippen LogP contribution in [0.25, 0.3) is 0 Å². The lowest BCUT2D eigenvalue weighted by Gasteiger charge is -2.14. The fourth-order valence-corrected chi connectivity index (χ4v) is 1.76. The first-order valence-electron chi connectivity index (χ1n) is 5.96. The van der Waals surface area contributed by atoms with E-state index >= 15 is 0 Å². The van der Waals surface area contributed by atoms with E-state index in [9.17, 15) is 19.4 Å². The third kappa shape index (κ3) is 3.47. The predicted molar refractivity (Wildman–Crippen MR) is 70.4 cm³/mol. The fourth-order valence-electron chi connectivity index (χ4n) is 1.76. The zero-order valence-corrected chi connectivity index (χ0v) is 10.5. The van der Waals surface area contributed by atoms with Gasteiger partial charge in [0.1, 0.15) is 29.8 Å². The van der Waals surface area contributed by atoms with Crippen LogP contribution in [-0.2, 0) is 4.79 Å². The second kappa shape index (κ2) is 6.06. The normalized spacial score (nSPS) is 11.8. The molecule has 1 unspecified atom stereocenters. The first-order valence-corrected chi connectivity index (χ1v) is 5.96. The Bertz CT molecular complexity index is 595. The Morgan fingerprint density at radius 1 is 1.20 bits per heavy atom. The van der Waals surface area contributed by atoms with Crippen LogP contribution in [-0.4, -0.2) is 22.8 Å². The maximum atomic E-state index is 12.8. The van der Waals surface area contributed by atoms with Gasteiger partial charge in [-0.25, -0.2) is 4.39 Å². The topological polar surface area (TPSA) is 66.8 Å². The summed E-state index contributed by atoms with van der Waals surface area (Å²) in [5.74, 6) is -1.98. The quantitative estimate of drug-likeness (QED) is 0.881. The Morgan fingerprint density at radius 2 is 1.90 bits per heavy atom. The molecule has 2 rings (SSSR count). The zero-order chi connectivity index (χ0) is 14.5. The van der Waals surface area contributed by atoms with E-state index in [1.165, 1.54) is 36.4 Å². The van der Waals surface area contributed by atoms with Crippen molar-refractivity contribution in [3.63, 3.8) is 0 Å². The molecule has 2 aromatic rings. The molecule has 20 heavy (non-hydrogen) atoms. The van der Waals surface area contributed by atoms with Gasteiger partial charge in [-0.05, 0) is 29.8 Å². The second-order valence-corrected chi connectivity index (χ2v) is 4.25. The molecule has 4 nitrogen and oxygen atoms in total. The number of hydrogen-bond acceptors (Lipinski definition) is 3. The molecule has 2 aromatic carbocycles. The van der Waals surface area contributed by atoms with Crippen LogP contribution in [0.4, 0.5) is 4.39 Å². The molecular weight excluding hydrogens is 263 g/mol. The van der Waals surface area contributed by atoms with Crippen molar-refractivity contribution in [1.82, 2.24) is 0 Å². The summed E-state index contributed by atoms with van der Waals surface area (Å²) in [5, 5.41) is 18.5. The van der Waals surface area contributed by atoms with Gasteiger partial charge in [0.15, 0.2) is 0 Å². The highest BCUT2D eigenvalue weighted by Gasteiger charge is 2.20. The number of aliphatic carboxylic acids is 1. The van der Waals surface area contributed by atoms with Crippen molar-refractivity contribution < 1.29 is 24.1 Å². The number of carbonyl (C=O) groups is 1. The summed E-state index contributed by atoms with van der Waals surface area (Å²) in [7, 11) is 0. The van der Waals surface area contributed by atoms with E-state index in [2.05, 4.69) is 0 Å². The highest BCUT2D eigenvalue weighted by atomic mass is 19.1. The van der Waals surface area contributed by atoms with Gasteiger partial charge >= 0.3 is 5.97 Å². The van der Waals surface area contributed by atoms with Gasteiger partial charge in [0, 0.05) is 6.07 Å². The number of halogens is 1. The number of aromatic hydroxyl groups is 1. The van der Waals surface area contributed by atoms with Gasteiger partial charge in [-0.2, -0.15) is 0 Å². The molecule has 2 N–H and O–H groups in total. The number of carboxylic acid groups (broad SMARTS) is 1. The van der Waals surface area contributed by atoms with Crippen molar-refractivity contribution in [2.75, 3.05) is 6.61 Å². The average molecular weight is 276 g/mol. The standard InChI is InChI=1S/C15H13FO4/c16-11-6-4-10(5-7-11)14(15(18)19)9-20-13-3-1-2-12(17)8-13/h1-8,14,17H,9H2,(H,18,19). The van der Waals surface area contributed by atoms with Gasteiger partial charge in [0.05, 0.1) is 0 Å². The molecule has 0 aliphatic rings. The maximum Gasteiger partial charge on any atom is 0.314 e. The van der Waals surface area contributed by atoms with Crippen LogP contribution in [0.5, 0.6) is 11.5 Å². The van der Waals surface area contributed by atoms with Crippen LogP contribution in [0.2, 0.25) is 0 Å². The van der Waals surface area contributed by atoms with Gasteiger partial charge in [0.2, 0.25) is 0 Å². The van der Waals surface area contributed by atoms with Gasteiger partial charge in [-0.15, -0.1) is 0 Å². The van der Waals surface area contributed by atoms with Gasteiger partial charge < -0.3 is 14.9 Å². The SMILES string of the molecule is O=C(O)C(COc1cccc(O)c1)c1ccc(F)cc1. The largest absolute Gasteiger partial charge is 0.508 e. The minimum Gasteiger partial charge on any atom is -0.508 e. The van der Waals surface area contributed by atoms with Gasteiger partial charge in [-0.1, -0.05) is 18.2 Å². The molecule has 0 heterocycles.